The van der Waals surface area contributed by atoms with E-state index in [-0.39, 0.29) is 41.8 Å². The zero-order chi connectivity index (χ0) is 43.4. The quantitative estimate of drug-likeness (QED) is 0.0764. The number of nitrogens with zero attached hydrogens (tertiary/aromatic N) is 3. The van der Waals surface area contributed by atoms with Gasteiger partial charge in [-0.15, -0.1) is 0 Å². The maximum atomic E-state index is 13.9. The number of carbonyl (C=O) groups excluding carboxylic acids is 3. The first kappa shape index (κ1) is 45.4. The van der Waals surface area contributed by atoms with Crippen molar-refractivity contribution in [2.24, 2.45) is 5.41 Å². The Morgan fingerprint density at radius 3 is 2.33 bits per heavy atom. The van der Waals surface area contributed by atoms with Crippen molar-refractivity contribution >= 4 is 45.8 Å². The van der Waals surface area contributed by atoms with Gasteiger partial charge in [0.25, 0.3) is 5.91 Å². The first-order chi connectivity index (χ1) is 29.3. The number of nitrogens with one attached hydrogen (secondary N) is 5. The van der Waals surface area contributed by atoms with Crippen LogP contribution in [0.4, 0.5) is 26.0 Å². The summed E-state index contributed by atoms with van der Waals surface area (Å²) in [4.78, 5) is 43.1. The van der Waals surface area contributed by atoms with Crippen LogP contribution >= 0.6 is 0 Å². The monoisotopic (exact) mass is 846 g/mol. The summed E-state index contributed by atoms with van der Waals surface area (Å²) in [5, 5.41) is 20.5. The van der Waals surface area contributed by atoms with E-state index >= 15 is 0 Å². The predicted molar refractivity (Wildman–Crippen MR) is 232 cm³/mol. The molecule has 2 fully saturated rings. The van der Waals surface area contributed by atoms with E-state index in [1.165, 1.54) is 12.1 Å². The van der Waals surface area contributed by atoms with Gasteiger partial charge in [0.15, 0.2) is 5.82 Å². The fourth-order valence-electron chi connectivity index (χ4n) is 7.20. The summed E-state index contributed by atoms with van der Waals surface area (Å²) in [7, 11) is 0. The molecule has 3 aromatic carbocycles. The second-order valence-electron chi connectivity index (χ2n) is 16.9. The summed E-state index contributed by atoms with van der Waals surface area (Å²) in [5.41, 5.74) is 4.17. The van der Waals surface area contributed by atoms with Gasteiger partial charge in [0.2, 0.25) is 11.8 Å². The Morgan fingerprint density at radius 1 is 0.885 bits per heavy atom. The number of carbonyl (C=O) groups is 3. The Balaban J connectivity index is 0.964. The molecule has 16 heteroatoms. The molecule has 0 radical (unpaired) electrons. The number of ether oxygens (including phenoxy) is 3. The highest BCUT2D eigenvalue weighted by Gasteiger charge is 2.24. The van der Waals surface area contributed by atoms with Crippen molar-refractivity contribution < 1.29 is 37.4 Å². The van der Waals surface area contributed by atoms with E-state index < -0.39 is 11.6 Å². The molecule has 1 atom stereocenters. The van der Waals surface area contributed by atoms with Crippen molar-refractivity contribution in [3.63, 3.8) is 0 Å². The summed E-state index contributed by atoms with van der Waals surface area (Å²) in [5.74, 6) is -1.34. The van der Waals surface area contributed by atoms with Crippen LogP contribution in [0.1, 0.15) is 68.4 Å². The van der Waals surface area contributed by atoms with Crippen molar-refractivity contribution in [2.75, 3.05) is 94.4 Å². The molecule has 2 aliphatic heterocycles. The van der Waals surface area contributed by atoms with Crippen LogP contribution in [0.5, 0.6) is 0 Å². The molecule has 3 heterocycles. The Morgan fingerprint density at radius 2 is 1.61 bits per heavy atom. The lowest BCUT2D eigenvalue weighted by Crippen LogP contribution is -2.49. The second-order valence-corrected chi connectivity index (χ2v) is 16.9. The van der Waals surface area contributed by atoms with Crippen LogP contribution in [0.3, 0.4) is 0 Å². The summed E-state index contributed by atoms with van der Waals surface area (Å²) >= 11 is 0. The molecule has 3 amide bonds. The van der Waals surface area contributed by atoms with Gasteiger partial charge in [-0.25, -0.2) is 8.78 Å². The summed E-state index contributed by atoms with van der Waals surface area (Å²) in [6, 6.07) is 15.0. The number of piperazine rings is 1. The Kier molecular flexibility index (Phi) is 16.0. The van der Waals surface area contributed by atoms with Gasteiger partial charge in [-0.05, 0) is 85.2 Å². The van der Waals surface area contributed by atoms with Crippen LogP contribution in [0.15, 0.2) is 54.6 Å². The van der Waals surface area contributed by atoms with E-state index in [2.05, 4.69) is 62.0 Å². The summed E-state index contributed by atoms with van der Waals surface area (Å²) < 4.78 is 44.4. The minimum absolute atomic E-state index is 0.00308. The molecule has 6 rings (SSSR count). The van der Waals surface area contributed by atoms with E-state index in [1.54, 1.807) is 0 Å². The molecule has 0 saturated carbocycles. The van der Waals surface area contributed by atoms with Gasteiger partial charge in [0, 0.05) is 87.3 Å². The number of rotatable bonds is 19. The molecular weight excluding hydrogens is 787 g/mol. The fraction of sp³-hybridized carbons (Fsp3) is 0.511. The Hall–Kier alpha value is -5.16. The smallest absolute Gasteiger partial charge is 0.258 e. The molecule has 0 aliphatic carbocycles. The van der Waals surface area contributed by atoms with Gasteiger partial charge in [0.1, 0.15) is 11.6 Å². The lowest BCUT2D eigenvalue weighted by molar-refractivity contribution is -0.123. The first-order valence-electron chi connectivity index (χ1n) is 21.2. The SMILES string of the molecule is C[C@H](NC(=O)CCOCCOCCNC(=O)CN1CCN(c2ccc(C(=O)Nc3n[nH]c4ccc(Cc5cc(F)cc(F)c5)cc34)c(NC3CCOCC3)c2)CC1)C(C)(C)C. The van der Waals surface area contributed by atoms with E-state index in [4.69, 9.17) is 14.2 Å². The molecule has 0 unspecified atom stereocenters. The van der Waals surface area contributed by atoms with Gasteiger partial charge in [-0.1, -0.05) is 26.8 Å². The van der Waals surface area contributed by atoms with Gasteiger partial charge < -0.3 is 40.4 Å². The number of benzene rings is 3. The lowest BCUT2D eigenvalue weighted by atomic mass is 9.88. The van der Waals surface area contributed by atoms with Crippen molar-refractivity contribution in [3.05, 3.63) is 82.9 Å². The minimum Gasteiger partial charge on any atom is -0.381 e. The number of amides is 3. The number of hydrogen-bond acceptors (Lipinski definition) is 10. The number of aromatic nitrogens is 2. The number of anilines is 3. The van der Waals surface area contributed by atoms with Crippen molar-refractivity contribution in [2.45, 2.75) is 65.5 Å². The normalized spacial score (nSPS) is 15.7. The highest BCUT2D eigenvalue weighted by molar-refractivity contribution is 6.11. The number of H-pyrrole nitrogens is 1. The van der Waals surface area contributed by atoms with Crippen LogP contribution < -0.4 is 26.2 Å². The molecule has 330 valence electrons. The van der Waals surface area contributed by atoms with Gasteiger partial charge in [-0.3, -0.25) is 24.4 Å². The van der Waals surface area contributed by atoms with E-state index in [0.717, 1.165) is 30.2 Å². The number of halogens is 2. The van der Waals surface area contributed by atoms with Crippen LogP contribution in [0.25, 0.3) is 10.9 Å². The van der Waals surface area contributed by atoms with Crippen LogP contribution in [-0.4, -0.2) is 124 Å². The van der Waals surface area contributed by atoms with Crippen molar-refractivity contribution in [1.29, 1.82) is 0 Å². The fourth-order valence-corrected chi connectivity index (χ4v) is 7.20. The molecule has 1 aromatic heterocycles. The maximum Gasteiger partial charge on any atom is 0.258 e. The standard InChI is InChI=1S/C45H60F2N8O6/c1-30(45(2,3)4)49-41(56)11-19-60-21-22-61-20-12-48-42(57)29-54-13-15-55(16-14-54)36-6-7-37(40(28-36)50-35-9-17-59-18-10-35)44(58)51-43-38-26-31(5-8-39(38)52-53-43)23-32-24-33(46)27-34(47)25-32/h5-8,24-28,30,35,50H,9-23,29H2,1-4H3,(H,48,57)(H,49,56)(H2,51,52,53,58)/t30-/m0/s1. The highest BCUT2D eigenvalue weighted by Crippen LogP contribution is 2.30. The average molecular weight is 847 g/mol. The molecule has 2 saturated heterocycles. The zero-order valence-electron chi connectivity index (χ0n) is 35.7. The van der Waals surface area contributed by atoms with E-state index in [9.17, 15) is 23.2 Å². The molecule has 0 spiro atoms. The third-order valence-corrected chi connectivity index (χ3v) is 11.2. The zero-order valence-corrected chi connectivity index (χ0v) is 35.7. The molecule has 0 bridgehead atoms. The third kappa shape index (κ3) is 13.7. The second kappa shape index (κ2) is 21.6. The number of aromatic amines is 1. The van der Waals surface area contributed by atoms with Crippen molar-refractivity contribution in [1.82, 2.24) is 25.7 Å². The molecular formula is C45H60F2N8O6. The molecule has 61 heavy (non-hydrogen) atoms. The average Bonchev–Trinajstić information content (AvgIpc) is 3.61. The van der Waals surface area contributed by atoms with Crippen molar-refractivity contribution in [3.8, 4) is 0 Å². The van der Waals surface area contributed by atoms with Crippen LogP contribution in [-0.2, 0) is 30.2 Å². The third-order valence-electron chi connectivity index (χ3n) is 11.2. The van der Waals surface area contributed by atoms with Crippen LogP contribution in [0, 0.1) is 17.0 Å². The molecule has 5 N–H and O–H groups in total. The Labute approximate surface area is 356 Å². The summed E-state index contributed by atoms with van der Waals surface area (Å²) in [6.07, 6.45) is 2.23. The number of fused-ring (bicyclic) bond motifs is 1. The largest absolute Gasteiger partial charge is 0.381 e. The van der Waals surface area contributed by atoms with Crippen LogP contribution in [0.2, 0.25) is 0 Å². The number of hydrogen-bond donors (Lipinski definition) is 5. The predicted octanol–water partition coefficient (Wildman–Crippen LogP) is 5.49. The van der Waals surface area contributed by atoms with Gasteiger partial charge >= 0.3 is 0 Å². The maximum absolute atomic E-state index is 13.9. The topological polar surface area (TPSA) is 162 Å². The first-order valence-corrected chi connectivity index (χ1v) is 21.2. The van der Waals surface area contributed by atoms with Gasteiger partial charge in [0.05, 0.1) is 44.1 Å². The molecule has 2 aliphatic rings. The van der Waals surface area contributed by atoms with E-state index in [1.807, 2.05) is 43.3 Å². The highest BCUT2D eigenvalue weighted by atomic mass is 19.1. The lowest BCUT2D eigenvalue weighted by Gasteiger charge is -2.36. The van der Waals surface area contributed by atoms with Gasteiger partial charge in [-0.2, -0.15) is 5.10 Å². The molecule has 4 aromatic rings. The summed E-state index contributed by atoms with van der Waals surface area (Å²) in [6.45, 7) is 14.5. The molecule has 14 nitrogen and oxygen atoms in total. The Bertz CT molecular complexity index is 2070. The minimum atomic E-state index is -0.634. The van der Waals surface area contributed by atoms with E-state index in [0.29, 0.717) is 119 Å².